The largest absolute Gasteiger partial charge is 0.425 e. The SMILES string of the molecule is C=C(C)C(=O)OC(C)(F)C(C)C(F)(F)F. The molecule has 2 nitrogen and oxygen atoms in total. The van der Waals surface area contributed by atoms with Gasteiger partial charge in [0.05, 0.1) is 0 Å². The molecular formula is C9H12F4O2. The maximum absolute atomic E-state index is 13.4. The lowest BCUT2D eigenvalue weighted by Gasteiger charge is -2.28. The van der Waals surface area contributed by atoms with Crippen LogP contribution in [0.3, 0.4) is 0 Å². The Morgan fingerprint density at radius 3 is 2.00 bits per heavy atom. The summed E-state index contributed by atoms with van der Waals surface area (Å²) in [6.07, 6.45) is -4.77. The molecular weight excluding hydrogens is 216 g/mol. The molecule has 0 saturated heterocycles. The van der Waals surface area contributed by atoms with Crippen LogP contribution in [0.25, 0.3) is 0 Å². The topological polar surface area (TPSA) is 26.3 Å². The Bertz CT molecular complexity index is 268. The lowest BCUT2D eigenvalue weighted by atomic mass is 10.0. The van der Waals surface area contributed by atoms with E-state index in [1.165, 1.54) is 6.92 Å². The maximum Gasteiger partial charge on any atom is 0.398 e. The van der Waals surface area contributed by atoms with Crippen molar-refractivity contribution in [2.24, 2.45) is 5.92 Å². The highest BCUT2D eigenvalue weighted by molar-refractivity contribution is 5.87. The van der Waals surface area contributed by atoms with Crippen LogP contribution < -0.4 is 0 Å². The molecule has 0 bridgehead atoms. The first-order valence-corrected chi connectivity index (χ1v) is 4.13. The third kappa shape index (κ3) is 3.89. The summed E-state index contributed by atoms with van der Waals surface area (Å²) >= 11 is 0. The minimum absolute atomic E-state index is 0.159. The molecule has 0 amide bonds. The van der Waals surface area contributed by atoms with Crippen molar-refractivity contribution in [2.45, 2.75) is 32.8 Å². The smallest absolute Gasteiger partial charge is 0.398 e. The second kappa shape index (κ2) is 4.20. The van der Waals surface area contributed by atoms with Gasteiger partial charge in [-0.25, -0.2) is 4.79 Å². The summed E-state index contributed by atoms with van der Waals surface area (Å²) in [7, 11) is 0. The van der Waals surface area contributed by atoms with E-state index < -0.39 is 23.9 Å². The molecule has 0 fully saturated rings. The highest BCUT2D eigenvalue weighted by Gasteiger charge is 2.51. The molecule has 0 saturated carbocycles. The van der Waals surface area contributed by atoms with Gasteiger partial charge in [-0.15, -0.1) is 0 Å². The molecule has 0 aromatic rings. The van der Waals surface area contributed by atoms with Gasteiger partial charge in [0.15, 0.2) is 0 Å². The molecule has 0 N–H and O–H groups in total. The van der Waals surface area contributed by atoms with Crippen molar-refractivity contribution in [3.8, 4) is 0 Å². The fraction of sp³-hybridized carbons (Fsp3) is 0.667. The normalized spacial score (nSPS) is 17.8. The Morgan fingerprint density at radius 2 is 1.73 bits per heavy atom. The van der Waals surface area contributed by atoms with Crippen LogP contribution >= 0.6 is 0 Å². The van der Waals surface area contributed by atoms with Gasteiger partial charge < -0.3 is 4.74 Å². The van der Waals surface area contributed by atoms with Crippen LogP contribution in [0, 0.1) is 5.92 Å². The summed E-state index contributed by atoms with van der Waals surface area (Å²) in [5.74, 6) is -6.67. The van der Waals surface area contributed by atoms with Crippen LogP contribution in [-0.4, -0.2) is 18.0 Å². The molecule has 2 atom stereocenters. The average molecular weight is 228 g/mol. The van der Waals surface area contributed by atoms with E-state index in [-0.39, 0.29) is 5.57 Å². The Kier molecular flexibility index (Phi) is 3.90. The first-order chi connectivity index (χ1) is 6.48. The van der Waals surface area contributed by atoms with E-state index in [2.05, 4.69) is 11.3 Å². The van der Waals surface area contributed by atoms with Crippen LogP contribution in [0.2, 0.25) is 0 Å². The van der Waals surface area contributed by atoms with Crippen LogP contribution in [0.15, 0.2) is 12.2 Å². The molecule has 6 heteroatoms. The first-order valence-electron chi connectivity index (χ1n) is 4.13. The van der Waals surface area contributed by atoms with Crippen LogP contribution in [-0.2, 0) is 9.53 Å². The molecule has 0 rings (SSSR count). The Hall–Kier alpha value is -1.07. The Balaban J connectivity index is 4.69. The molecule has 0 aromatic carbocycles. The van der Waals surface area contributed by atoms with Gasteiger partial charge >= 0.3 is 12.1 Å². The fourth-order valence-electron chi connectivity index (χ4n) is 0.649. The van der Waals surface area contributed by atoms with Crippen molar-refractivity contribution < 1.29 is 27.1 Å². The van der Waals surface area contributed by atoms with E-state index in [0.717, 1.165) is 0 Å². The van der Waals surface area contributed by atoms with E-state index in [1.54, 1.807) is 0 Å². The summed E-state index contributed by atoms with van der Waals surface area (Å²) in [5.41, 5.74) is -0.159. The fourth-order valence-corrected chi connectivity index (χ4v) is 0.649. The van der Waals surface area contributed by atoms with Crippen molar-refractivity contribution in [3.05, 3.63) is 12.2 Å². The Morgan fingerprint density at radius 1 is 1.33 bits per heavy atom. The Labute approximate surface area is 84.9 Å². The molecule has 0 heterocycles. The van der Waals surface area contributed by atoms with Crippen molar-refractivity contribution in [2.75, 3.05) is 0 Å². The molecule has 0 spiro atoms. The molecule has 0 aliphatic rings. The second-order valence-corrected chi connectivity index (χ2v) is 3.42. The number of hydrogen-bond donors (Lipinski definition) is 0. The van der Waals surface area contributed by atoms with Gasteiger partial charge in [-0.2, -0.15) is 17.6 Å². The predicted octanol–water partition coefficient (Wildman–Crippen LogP) is 2.99. The summed E-state index contributed by atoms with van der Waals surface area (Å²) in [6, 6.07) is 0. The van der Waals surface area contributed by atoms with E-state index in [0.29, 0.717) is 13.8 Å². The highest BCUT2D eigenvalue weighted by Crippen LogP contribution is 2.37. The molecule has 2 unspecified atom stereocenters. The standard InChI is InChI=1S/C9H12F4O2/c1-5(2)7(14)15-8(4,10)6(3)9(11,12)13/h6H,1H2,2-4H3. The van der Waals surface area contributed by atoms with Crippen molar-refractivity contribution in [3.63, 3.8) is 0 Å². The second-order valence-electron chi connectivity index (χ2n) is 3.42. The molecule has 15 heavy (non-hydrogen) atoms. The number of carbonyl (C=O) groups is 1. The minimum atomic E-state index is -4.77. The van der Waals surface area contributed by atoms with Crippen molar-refractivity contribution in [1.82, 2.24) is 0 Å². The van der Waals surface area contributed by atoms with Crippen molar-refractivity contribution in [1.29, 1.82) is 0 Å². The lowest BCUT2D eigenvalue weighted by Crippen LogP contribution is -2.42. The van der Waals surface area contributed by atoms with Crippen LogP contribution in [0.4, 0.5) is 17.6 Å². The number of rotatable bonds is 3. The third-order valence-corrected chi connectivity index (χ3v) is 1.91. The lowest BCUT2D eigenvalue weighted by molar-refractivity contribution is -0.259. The van der Waals surface area contributed by atoms with E-state index >= 15 is 0 Å². The van der Waals surface area contributed by atoms with Gasteiger partial charge in [0.1, 0.15) is 5.92 Å². The number of alkyl halides is 4. The van der Waals surface area contributed by atoms with E-state index in [1.807, 2.05) is 0 Å². The predicted molar refractivity (Wildman–Crippen MR) is 45.6 cm³/mol. The first kappa shape index (κ1) is 13.9. The molecule has 0 aliphatic carbocycles. The van der Waals surface area contributed by atoms with Gasteiger partial charge in [0, 0.05) is 12.5 Å². The van der Waals surface area contributed by atoms with Crippen molar-refractivity contribution >= 4 is 5.97 Å². The minimum Gasteiger partial charge on any atom is -0.425 e. The summed E-state index contributed by atoms with van der Waals surface area (Å²) in [6.45, 7) is 5.52. The summed E-state index contributed by atoms with van der Waals surface area (Å²) < 4.78 is 53.9. The number of halogens is 4. The van der Waals surface area contributed by atoms with Crippen LogP contribution in [0.1, 0.15) is 20.8 Å². The highest BCUT2D eigenvalue weighted by atomic mass is 19.4. The van der Waals surface area contributed by atoms with Gasteiger partial charge in [-0.05, 0) is 13.8 Å². The zero-order valence-corrected chi connectivity index (χ0v) is 8.61. The van der Waals surface area contributed by atoms with Crippen LogP contribution in [0.5, 0.6) is 0 Å². The zero-order valence-electron chi connectivity index (χ0n) is 8.61. The van der Waals surface area contributed by atoms with Gasteiger partial charge in [0.25, 0.3) is 5.85 Å². The maximum atomic E-state index is 13.4. The van der Waals surface area contributed by atoms with Gasteiger partial charge in [-0.3, -0.25) is 0 Å². The quantitative estimate of drug-likeness (QED) is 0.421. The number of esters is 1. The molecule has 0 aliphatic heterocycles. The number of hydrogen-bond acceptors (Lipinski definition) is 2. The summed E-state index contributed by atoms with van der Waals surface area (Å²) in [4.78, 5) is 10.9. The zero-order chi connectivity index (χ0) is 12.4. The average Bonchev–Trinajstić information content (AvgIpc) is 2.00. The molecule has 88 valence electrons. The number of carbonyl (C=O) groups excluding carboxylic acids is 1. The van der Waals surface area contributed by atoms with E-state index in [9.17, 15) is 22.4 Å². The summed E-state index contributed by atoms with van der Waals surface area (Å²) in [5, 5.41) is 0. The third-order valence-electron chi connectivity index (χ3n) is 1.91. The molecule has 0 radical (unpaired) electrons. The van der Waals surface area contributed by atoms with Gasteiger partial charge in [-0.1, -0.05) is 6.58 Å². The van der Waals surface area contributed by atoms with E-state index in [4.69, 9.17) is 0 Å². The molecule has 0 aromatic heterocycles. The number of ether oxygens (including phenoxy) is 1. The van der Waals surface area contributed by atoms with Gasteiger partial charge in [0.2, 0.25) is 0 Å². The monoisotopic (exact) mass is 228 g/mol.